The Morgan fingerprint density at radius 2 is 1.93 bits per heavy atom. The summed E-state index contributed by atoms with van der Waals surface area (Å²) in [5, 5.41) is 7.35. The average Bonchev–Trinajstić information content (AvgIpc) is 2.68. The van der Waals surface area contributed by atoms with Gasteiger partial charge in [-0.3, -0.25) is 5.10 Å². The first-order valence-corrected chi connectivity index (χ1v) is 5.69. The predicted octanol–water partition coefficient (Wildman–Crippen LogP) is 2.98. The number of H-pyrrole nitrogens is 1. The van der Waals surface area contributed by atoms with Crippen LogP contribution in [0.15, 0.2) is 0 Å². The van der Waals surface area contributed by atoms with Crippen LogP contribution in [-0.2, 0) is 0 Å². The van der Waals surface area contributed by atoms with Gasteiger partial charge in [0.2, 0.25) is 0 Å². The molecule has 0 atom stereocenters. The first-order chi connectivity index (χ1) is 6.77. The van der Waals surface area contributed by atoms with Crippen molar-refractivity contribution in [1.82, 2.24) is 15.2 Å². The Balaban J connectivity index is 2.07. The standard InChI is InChI=1S/C11H19N3/c1-8(2)10-12-11(14-13-10)9-6-4-3-5-7-9/h8-9H,3-7H2,1-2H3,(H,12,13,14). The Labute approximate surface area is 85.3 Å². The smallest absolute Gasteiger partial charge is 0.153 e. The normalized spacial score (nSPS) is 19.1. The zero-order valence-corrected chi connectivity index (χ0v) is 9.08. The fraction of sp³-hybridized carbons (Fsp3) is 0.818. The summed E-state index contributed by atoms with van der Waals surface area (Å²) in [6.45, 7) is 4.27. The van der Waals surface area contributed by atoms with Crippen molar-refractivity contribution in [2.45, 2.75) is 57.8 Å². The van der Waals surface area contributed by atoms with Gasteiger partial charge in [-0.15, -0.1) is 0 Å². The summed E-state index contributed by atoms with van der Waals surface area (Å²) in [5.74, 6) is 3.16. The van der Waals surface area contributed by atoms with Crippen molar-refractivity contribution in [2.75, 3.05) is 0 Å². The second kappa shape index (κ2) is 4.11. The Hall–Kier alpha value is -0.860. The highest BCUT2D eigenvalue weighted by Crippen LogP contribution is 2.30. The molecule has 1 saturated carbocycles. The maximum absolute atomic E-state index is 4.57. The molecule has 0 saturated heterocycles. The average molecular weight is 193 g/mol. The lowest BCUT2D eigenvalue weighted by Crippen LogP contribution is -2.06. The minimum atomic E-state index is 0.434. The molecule has 1 aromatic heterocycles. The molecule has 0 aliphatic heterocycles. The lowest BCUT2D eigenvalue weighted by atomic mass is 9.89. The van der Waals surface area contributed by atoms with Gasteiger partial charge in [0.25, 0.3) is 0 Å². The fourth-order valence-corrected chi connectivity index (χ4v) is 2.10. The van der Waals surface area contributed by atoms with Crippen LogP contribution in [0.1, 0.15) is 69.4 Å². The zero-order chi connectivity index (χ0) is 9.97. The second-order valence-electron chi connectivity index (χ2n) is 4.57. The molecule has 0 spiro atoms. The lowest BCUT2D eigenvalue weighted by Gasteiger charge is -2.18. The van der Waals surface area contributed by atoms with E-state index >= 15 is 0 Å². The van der Waals surface area contributed by atoms with Crippen molar-refractivity contribution in [3.05, 3.63) is 11.6 Å². The van der Waals surface area contributed by atoms with Crippen molar-refractivity contribution in [1.29, 1.82) is 0 Å². The van der Waals surface area contributed by atoms with E-state index < -0.39 is 0 Å². The quantitative estimate of drug-likeness (QED) is 0.784. The van der Waals surface area contributed by atoms with Gasteiger partial charge in [-0.2, -0.15) is 5.10 Å². The van der Waals surface area contributed by atoms with Gasteiger partial charge in [-0.25, -0.2) is 4.98 Å². The molecule has 3 heteroatoms. The molecule has 0 aromatic carbocycles. The van der Waals surface area contributed by atoms with Gasteiger partial charge in [0.05, 0.1) is 0 Å². The zero-order valence-electron chi connectivity index (χ0n) is 9.08. The predicted molar refractivity (Wildman–Crippen MR) is 56.3 cm³/mol. The molecule has 1 N–H and O–H groups in total. The number of aromatic amines is 1. The number of nitrogens with one attached hydrogen (secondary N) is 1. The van der Waals surface area contributed by atoms with Crippen molar-refractivity contribution < 1.29 is 0 Å². The number of hydrogen-bond donors (Lipinski definition) is 1. The molecule has 0 radical (unpaired) electrons. The molecule has 1 heterocycles. The van der Waals surface area contributed by atoms with Crippen molar-refractivity contribution >= 4 is 0 Å². The minimum absolute atomic E-state index is 0.434. The van der Waals surface area contributed by atoms with Gasteiger partial charge in [0.1, 0.15) is 5.82 Å². The monoisotopic (exact) mass is 193 g/mol. The SMILES string of the molecule is CC(C)c1n[nH]c(C2CCCCC2)n1. The van der Waals surface area contributed by atoms with E-state index in [1.165, 1.54) is 32.1 Å². The van der Waals surface area contributed by atoms with Crippen molar-refractivity contribution in [2.24, 2.45) is 0 Å². The van der Waals surface area contributed by atoms with E-state index in [9.17, 15) is 0 Å². The van der Waals surface area contributed by atoms with E-state index in [1.807, 2.05) is 0 Å². The van der Waals surface area contributed by atoms with Gasteiger partial charge in [-0.1, -0.05) is 33.1 Å². The van der Waals surface area contributed by atoms with E-state index in [2.05, 4.69) is 29.0 Å². The van der Waals surface area contributed by atoms with Gasteiger partial charge in [0, 0.05) is 11.8 Å². The number of aromatic nitrogens is 3. The summed E-state index contributed by atoms with van der Waals surface area (Å²) < 4.78 is 0. The minimum Gasteiger partial charge on any atom is -0.263 e. The molecule has 0 amide bonds. The third-order valence-electron chi connectivity index (χ3n) is 3.03. The van der Waals surface area contributed by atoms with E-state index in [0.29, 0.717) is 11.8 Å². The fourth-order valence-electron chi connectivity index (χ4n) is 2.10. The molecule has 1 aromatic rings. The van der Waals surface area contributed by atoms with E-state index in [1.54, 1.807) is 0 Å². The van der Waals surface area contributed by atoms with Crippen LogP contribution in [-0.4, -0.2) is 15.2 Å². The maximum Gasteiger partial charge on any atom is 0.153 e. The van der Waals surface area contributed by atoms with Crippen LogP contribution < -0.4 is 0 Å². The third-order valence-corrected chi connectivity index (χ3v) is 3.03. The Morgan fingerprint density at radius 1 is 1.21 bits per heavy atom. The number of rotatable bonds is 2. The van der Waals surface area contributed by atoms with Crippen LogP contribution in [0.5, 0.6) is 0 Å². The van der Waals surface area contributed by atoms with Crippen LogP contribution in [0.3, 0.4) is 0 Å². The summed E-state index contributed by atoms with van der Waals surface area (Å²) in [7, 11) is 0. The van der Waals surface area contributed by atoms with Crippen LogP contribution in [0.25, 0.3) is 0 Å². The molecule has 1 aliphatic carbocycles. The summed E-state index contributed by atoms with van der Waals surface area (Å²) in [5.41, 5.74) is 0. The molecule has 78 valence electrons. The first-order valence-electron chi connectivity index (χ1n) is 5.69. The molecule has 2 rings (SSSR count). The van der Waals surface area contributed by atoms with E-state index in [0.717, 1.165) is 11.6 Å². The van der Waals surface area contributed by atoms with Gasteiger partial charge < -0.3 is 0 Å². The summed E-state index contributed by atoms with van der Waals surface area (Å²) >= 11 is 0. The largest absolute Gasteiger partial charge is 0.263 e. The number of hydrogen-bond acceptors (Lipinski definition) is 2. The van der Waals surface area contributed by atoms with Crippen LogP contribution in [0.2, 0.25) is 0 Å². The second-order valence-corrected chi connectivity index (χ2v) is 4.57. The van der Waals surface area contributed by atoms with Crippen molar-refractivity contribution in [3.8, 4) is 0 Å². The molecule has 0 unspecified atom stereocenters. The molecule has 0 bridgehead atoms. The highest BCUT2D eigenvalue weighted by Gasteiger charge is 2.19. The van der Waals surface area contributed by atoms with Crippen molar-refractivity contribution in [3.63, 3.8) is 0 Å². The molecule has 1 aliphatic rings. The van der Waals surface area contributed by atoms with Crippen LogP contribution in [0, 0.1) is 0 Å². The van der Waals surface area contributed by atoms with Gasteiger partial charge in [0.15, 0.2) is 5.82 Å². The van der Waals surface area contributed by atoms with Gasteiger partial charge >= 0.3 is 0 Å². The molecule has 1 fully saturated rings. The first kappa shape index (κ1) is 9.69. The number of nitrogens with zero attached hydrogens (tertiary/aromatic N) is 2. The maximum atomic E-state index is 4.57. The summed E-state index contributed by atoms with van der Waals surface area (Å²) in [6.07, 6.45) is 6.66. The van der Waals surface area contributed by atoms with E-state index in [-0.39, 0.29) is 0 Å². The Kier molecular flexibility index (Phi) is 2.85. The Morgan fingerprint density at radius 3 is 2.50 bits per heavy atom. The highest BCUT2D eigenvalue weighted by molar-refractivity contribution is 5.01. The molecular formula is C11H19N3. The third kappa shape index (κ3) is 1.97. The molecule has 3 nitrogen and oxygen atoms in total. The van der Waals surface area contributed by atoms with E-state index in [4.69, 9.17) is 0 Å². The van der Waals surface area contributed by atoms with Gasteiger partial charge in [-0.05, 0) is 12.8 Å². The summed E-state index contributed by atoms with van der Waals surface area (Å²) in [4.78, 5) is 4.57. The Bertz CT molecular complexity index is 284. The molecular weight excluding hydrogens is 174 g/mol. The van der Waals surface area contributed by atoms with Crippen LogP contribution in [0.4, 0.5) is 0 Å². The lowest BCUT2D eigenvalue weighted by molar-refractivity contribution is 0.429. The summed E-state index contributed by atoms with van der Waals surface area (Å²) in [6, 6.07) is 0. The topological polar surface area (TPSA) is 41.6 Å². The van der Waals surface area contributed by atoms with Crippen LogP contribution >= 0.6 is 0 Å². The highest BCUT2D eigenvalue weighted by atomic mass is 15.2. The molecule has 14 heavy (non-hydrogen) atoms.